The molecule has 5 nitrogen and oxygen atoms in total. The van der Waals surface area contributed by atoms with Crippen molar-refractivity contribution in [3.63, 3.8) is 0 Å². The third-order valence-electron chi connectivity index (χ3n) is 3.34. The highest BCUT2D eigenvalue weighted by Crippen LogP contribution is 2.26. The van der Waals surface area contributed by atoms with Crippen LogP contribution in [0.5, 0.6) is 0 Å². The Morgan fingerprint density at radius 3 is 2.88 bits per heavy atom. The van der Waals surface area contributed by atoms with Crippen LogP contribution in [-0.2, 0) is 0 Å². The topological polar surface area (TPSA) is 57.7 Å². The number of alkyl halides is 1. The summed E-state index contributed by atoms with van der Waals surface area (Å²) >= 11 is 3.56. The molecule has 6 heteroatoms. The average Bonchev–Trinajstić information content (AvgIpc) is 2.87. The zero-order chi connectivity index (χ0) is 11.7. The molecule has 1 saturated heterocycles. The van der Waals surface area contributed by atoms with Gasteiger partial charge in [0.1, 0.15) is 11.8 Å². The van der Waals surface area contributed by atoms with Crippen molar-refractivity contribution in [1.29, 1.82) is 0 Å². The summed E-state index contributed by atoms with van der Waals surface area (Å²) in [4.78, 5) is 18.1. The van der Waals surface area contributed by atoms with Gasteiger partial charge in [0, 0.05) is 18.4 Å². The zero-order valence-electron chi connectivity index (χ0n) is 9.43. The van der Waals surface area contributed by atoms with Gasteiger partial charge in [-0.2, -0.15) is 0 Å². The number of halogens is 1. The second-order valence-corrected chi connectivity index (χ2v) is 5.03. The maximum absolute atomic E-state index is 4.39. The Bertz CT molecular complexity index is 503. The summed E-state index contributed by atoms with van der Waals surface area (Å²) < 4.78 is 0. The summed E-state index contributed by atoms with van der Waals surface area (Å²) in [6, 6.07) is 0. The van der Waals surface area contributed by atoms with E-state index < -0.39 is 0 Å². The third-order valence-corrected chi connectivity index (χ3v) is 4.25. The molecule has 0 saturated carbocycles. The second kappa shape index (κ2) is 4.60. The summed E-state index contributed by atoms with van der Waals surface area (Å²) in [5.74, 6) is 1.78. The van der Waals surface area contributed by atoms with Gasteiger partial charge in [0.15, 0.2) is 11.5 Å². The molecule has 3 heterocycles. The minimum Gasteiger partial charge on any atom is -0.355 e. The molecule has 0 spiro atoms. The van der Waals surface area contributed by atoms with Crippen molar-refractivity contribution in [2.24, 2.45) is 5.92 Å². The van der Waals surface area contributed by atoms with Crippen LogP contribution in [0.1, 0.15) is 12.8 Å². The Balaban J connectivity index is 1.87. The standard InChI is InChI=1S/C11H14BrN5/c12-5-8-1-3-17(4-2-8)11-9-10(14-6-13-9)15-7-16-11/h6-8H,1-5H2,(H,13,14,15,16). The Morgan fingerprint density at radius 1 is 1.29 bits per heavy atom. The molecule has 90 valence electrons. The third kappa shape index (κ3) is 2.01. The number of rotatable bonds is 2. The van der Waals surface area contributed by atoms with E-state index in [0.717, 1.165) is 41.3 Å². The number of H-pyrrole nitrogens is 1. The summed E-state index contributed by atoms with van der Waals surface area (Å²) in [5.41, 5.74) is 1.70. The van der Waals surface area contributed by atoms with Crippen LogP contribution < -0.4 is 4.90 Å². The molecule has 1 aliphatic rings. The van der Waals surface area contributed by atoms with Crippen LogP contribution in [0.25, 0.3) is 11.2 Å². The summed E-state index contributed by atoms with van der Waals surface area (Å²) in [6.45, 7) is 2.11. The van der Waals surface area contributed by atoms with Crippen molar-refractivity contribution in [2.45, 2.75) is 12.8 Å². The van der Waals surface area contributed by atoms with Crippen LogP contribution in [0.3, 0.4) is 0 Å². The average molecular weight is 296 g/mol. The van der Waals surface area contributed by atoms with E-state index in [9.17, 15) is 0 Å². The first kappa shape index (κ1) is 11.0. The van der Waals surface area contributed by atoms with Gasteiger partial charge in [0.25, 0.3) is 0 Å². The van der Waals surface area contributed by atoms with Crippen LogP contribution in [0, 0.1) is 5.92 Å². The first-order valence-corrected chi connectivity index (χ1v) is 6.95. The fraction of sp³-hybridized carbons (Fsp3) is 0.545. The van der Waals surface area contributed by atoms with E-state index in [1.807, 2.05) is 0 Å². The molecule has 3 rings (SSSR count). The van der Waals surface area contributed by atoms with Gasteiger partial charge in [0.05, 0.1) is 6.33 Å². The van der Waals surface area contributed by atoms with Crippen molar-refractivity contribution >= 4 is 32.9 Å². The Labute approximate surface area is 108 Å². The van der Waals surface area contributed by atoms with Crippen LogP contribution in [0.15, 0.2) is 12.7 Å². The van der Waals surface area contributed by atoms with Gasteiger partial charge in [-0.1, -0.05) is 15.9 Å². The van der Waals surface area contributed by atoms with Crippen LogP contribution in [0.4, 0.5) is 5.82 Å². The highest BCUT2D eigenvalue weighted by atomic mass is 79.9. The summed E-state index contributed by atoms with van der Waals surface area (Å²) in [6.07, 6.45) is 5.69. The van der Waals surface area contributed by atoms with Gasteiger partial charge in [-0.15, -0.1) is 0 Å². The fourth-order valence-electron chi connectivity index (χ4n) is 2.29. The monoisotopic (exact) mass is 295 g/mol. The highest BCUT2D eigenvalue weighted by Gasteiger charge is 2.21. The van der Waals surface area contributed by atoms with Gasteiger partial charge in [-0.3, -0.25) is 0 Å². The summed E-state index contributed by atoms with van der Waals surface area (Å²) in [7, 11) is 0. The molecule has 1 N–H and O–H groups in total. The van der Waals surface area contributed by atoms with E-state index >= 15 is 0 Å². The SMILES string of the molecule is BrCC1CCN(c2ncnc3nc[nH]c23)CC1. The van der Waals surface area contributed by atoms with Gasteiger partial charge in [-0.25, -0.2) is 15.0 Å². The van der Waals surface area contributed by atoms with E-state index in [4.69, 9.17) is 0 Å². The zero-order valence-corrected chi connectivity index (χ0v) is 11.0. The lowest BCUT2D eigenvalue weighted by Gasteiger charge is -2.31. The smallest absolute Gasteiger partial charge is 0.182 e. The maximum Gasteiger partial charge on any atom is 0.182 e. The van der Waals surface area contributed by atoms with Gasteiger partial charge in [0.2, 0.25) is 0 Å². The number of fused-ring (bicyclic) bond motifs is 1. The van der Waals surface area contributed by atoms with Crippen molar-refractivity contribution < 1.29 is 0 Å². The molecule has 2 aromatic rings. The number of hydrogen-bond acceptors (Lipinski definition) is 4. The number of piperidine rings is 1. The molecule has 1 aliphatic heterocycles. The molecule has 0 bridgehead atoms. The Morgan fingerprint density at radius 2 is 2.12 bits per heavy atom. The van der Waals surface area contributed by atoms with E-state index in [1.165, 1.54) is 12.8 Å². The number of nitrogens with zero attached hydrogens (tertiary/aromatic N) is 4. The predicted octanol–water partition coefficient (Wildman–Crippen LogP) is 1.96. The molecule has 17 heavy (non-hydrogen) atoms. The minimum absolute atomic E-state index is 0.748. The lowest BCUT2D eigenvalue weighted by molar-refractivity contribution is 0.445. The molecular weight excluding hydrogens is 282 g/mol. The van der Waals surface area contributed by atoms with Crippen molar-refractivity contribution in [3.05, 3.63) is 12.7 Å². The van der Waals surface area contributed by atoms with Crippen molar-refractivity contribution in [2.75, 3.05) is 23.3 Å². The molecule has 0 aliphatic carbocycles. The quantitative estimate of drug-likeness (QED) is 0.861. The molecule has 0 radical (unpaired) electrons. The van der Waals surface area contributed by atoms with Crippen LogP contribution in [-0.4, -0.2) is 38.4 Å². The van der Waals surface area contributed by atoms with Crippen molar-refractivity contribution in [1.82, 2.24) is 19.9 Å². The van der Waals surface area contributed by atoms with Crippen LogP contribution >= 0.6 is 15.9 Å². The van der Waals surface area contributed by atoms with E-state index in [-0.39, 0.29) is 0 Å². The lowest BCUT2D eigenvalue weighted by Crippen LogP contribution is -2.34. The van der Waals surface area contributed by atoms with E-state index in [1.54, 1.807) is 12.7 Å². The number of anilines is 1. The van der Waals surface area contributed by atoms with Crippen molar-refractivity contribution in [3.8, 4) is 0 Å². The first-order chi connectivity index (χ1) is 8.38. The number of nitrogens with one attached hydrogen (secondary N) is 1. The summed E-state index contributed by atoms with van der Waals surface area (Å²) in [5, 5.41) is 1.10. The molecule has 0 unspecified atom stereocenters. The lowest BCUT2D eigenvalue weighted by atomic mass is 9.99. The first-order valence-electron chi connectivity index (χ1n) is 5.83. The molecule has 1 fully saturated rings. The van der Waals surface area contributed by atoms with Crippen LogP contribution in [0.2, 0.25) is 0 Å². The fourth-order valence-corrected chi connectivity index (χ4v) is 2.94. The van der Waals surface area contributed by atoms with E-state index in [2.05, 4.69) is 40.8 Å². The molecule has 0 amide bonds. The molecular formula is C11H14BrN5. The Hall–Kier alpha value is -1.17. The predicted molar refractivity (Wildman–Crippen MR) is 70.4 cm³/mol. The van der Waals surface area contributed by atoms with E-state index in [0.29, 0.717) is 0 Å². The van der Waals surface area contributed by atoms with Gasteiger partial charge >= 0.3 is 0 Å². The minimum atomic E-state index is 0.748. The normalized spacial score (nSPS) is 17.8. The number of imidazole rings is 1. The second-order valence-electron chi connectivity index (χ2n) is 4.38. The number of aromatic nitrogens is 4. The molecule has 2 aromatic heterocycles. The molecule has 0 atom stereocenters. The molecule has 0 aromatic carbocycles. The largest absolute Gasteiger partial charge is 0.355 e. The number of hydrogen-bond donors (Lipinski definition) is 1. The van der Waals surface area contributed by atoms with Gasteiger partial charge < -0.3 is 9.88 Å². The van der Waals surface area contributed by atoms with Gasteiger partial charge in [-0.05, 0) is 18.8 Å². The maximum atomic E-state index is 4.39. The Kier molecular flexibility index (Phi) is 2.96. The number of aromatic amines is 1. The highest BCUT2D eigenvalue weighted by molar-refractivity contribution is 9.09.